The van der Waals surface area contributed by atoms with Gasteiger partial charge in [0.1, 0.15) is 0 Å². The van der Waals surface area contributed by atoms with E-state index < -0.39 is 18.4 Å². The number of aryl methyl sites for hydroxylation is 1. The topological polar surface area (TPSA) is 26.3 Å². The normalized spacial score (nSPS) is 10.6. The second-order valence-corrected chi connectivity index (χ2v) is 3.14. The van der Waals surface area contributed by atoms with E-state index in [4.69, 9.17) is 0 Å². The summed E-state index contributed by atoms with van der Waals surface area (Å²) in [7, 11) is 1.13. The maximum absolute atomic E-state index is 12.4. The van der Waals surface area contributed by atoms with Gasteiger partial charge in [-0.15, -0.1) is 5.46 Å². The summed E-state index contributed by atoms with van der Waals surface area (Å²) in [6, 6.07) is 3.04. The van der Waals surface area contributed by atoms with E-state index in [0.717, 1.165) is 19.2 Å². The third kappa shape index (κ3) is 3.89. The van der Waals surface area contributed by atoms with Gasteiger partial charge in [-0.25, -0.2) is 4.79 Å². The van der Waals surface area contributed by atoms with E-state index in [0.29, 0.717) is 5.56 Å². The van der Waals surface area contributed by atoms with Gasteiger partial charge in [0.05, 0.1) is 12.7 Å². The van der Waals surface area contributed by atoms with Crippen LogP contribution < -0.4 is 56.8 Å². The van der Waals surface area contributed by atoms with E-state index in [1.165, 1.54) is 6.07 Å². The van der Waals surface area contributed by atoms with Gasteiger partial charge in [-0.05, 0) is 12.5 Å². The largest absolute Gasteiger partial charge is 1.00 e. The quantitative estimate of drug-likeness (QED) is 0.493. The van der Waals surface area contributed by atoms with Crippen molar-refractivity contribution >= 4 is 18.4 Å². The van der Waals surface area contributed by atoms with Gasteiger partial charge in [0.15, 0.2) is 0 Å². The van der Waals surface area contributed by atoms with Crippen LogP contribution in [0.5, 0.6) is 0 Å². The third-order valence-electron chi connectivity index (χ3n) is 2.04. The summed E-state index contributed by atoms with van der Waals surface area (Å²) in [4.78, 5) is 11.1. The molecule has 0 N–H and O–H groups in total. The molecule has 1 aromatic rings. The van der Waals surface area contributed by atoms with Crippen molar-refractivity contribution in [1.82, 2.24) is 0 Å². The van der Waals surface area contributed by atoms with Crippen molar-refractivity contribution in [2.24, 2.45) is 0 Å². The molecule has 1 rings (SSSR count). The molecule has 0 aromatic heterocycles. The monoisotopic (exact) mass is 256 g/mol. The molecule has 2 nitrogen and oxygen atoms in total. The van der Waals surface area contributed by atoms with Crippen LogP contribution in [0.4, 0.5) is 12.9 Å². The van der Waals surface area contributed by atoms with E-state index in [9.17, 15) is 17.7 Å². The minimum Gasteiger partial charge on any atom is -0.465 e. The zero-order chi connectivity index (χ0) is 11.6. The summed E-state index contributed by atoms with van der Waals surface area (Å²) in [6.07, 6.45) is 0. The predicted octanol–water partition coefficient (Wildman–Crippen LogP) is -1.16. The molecule has 7 heteroatoms. The first kappa shape index (κ1) is 16.2. The molecule has 0 saturated carbocycles. The molecule has 0 aliphatic rings. The van der Waals surface area contributed by atoms with Gasteiger partial charge < -0.3 is 17.7 Å². The smallest absolute Gasteiger partial charge is 0.465 e. The fourth-order valence-corrected chi connectivity index (χ4v) is 1.17. The molecular weight excluding hydrogens is 247 g/mol. The van der Waals surface area contributed by atoms with E-state index >= 15 is 0 Å². The van der Waals surface area contributed by atoms with Gasteiger partial charge in [-0.2, -0.15) is 0 Å². The maximum atomic E-state index is 12.4. The Bertz CT molecular complexity index is 393. The zero-order valence-corrected chi connectivity index (χ0v) is 12.4. The average molecular weight is 256 g/mol. The summed E-state index contributed by atoms with van der Waals surface area (Å²) < 4.78 is 41.5. The molecule has 1 aromatic carbocycles. The van der Waals surface area contributed by atoms with Crippen molar-refractivity contribution in [2.45, 2.75) is 6.92 Å². The Hall–Kier alpha value is 0.181. The zero-order valence-electron chi connectivity index (χ0n) is 9.26. The van der Waals surface area contributed by atoms with Crippen molar-refractivity contribution < 1.29 is 73.9 Å². The van der Waals surface area contributed by atoms with Gasteiger partial charge in [-0.3, -0.25) is 0 Å². The van der Waals surface area contributed by atoms with Crippen LogP contribution in [0.3, 0.4) is 0 Å². The second-order valence-electron chi connectivity index (χ2n) is 3.14. The van der Waals surface area contributed by atoms with Crippen LogP contribution in [0.1, 0.15) is 15.9 Å². The Balaban J connectivity index is 0.00000225. The summed E-state index contributed by atoms with van der Waals surface area (Å²) in [6.45, 7) is -3.53. The standard InChI is InChI=1S/C9H9BF3O2.K/c1-6-3-4-7(10(11,12)13)5-8(6)9(14)15-2;/h3-5H,1-2H3;/q-1;+1. The molecule has 0 heterocycles. The molecule has 0 spiro atoms. The minimum absolute atomic E-state index is 0. The number of esters is 1. The molecule has 0 saturated heterocycles. The fourth-order valence-electron chi connectivity index (χ4n) is 1.17. The van der Waals surface area contributed by atoms with Gasteiger partial charge in [-0.1, -0.05) is 18.2 Å². The maximum Gasteiger partial charge on any atom is 1.00 e. The van der Waals surface area contributed by atoms with Gasteiger partial charge in [0.25, 0.3) is 0 Å². The minimum atomic E-state index is -5.08. The second kappa shape index (κ2) is 6.21. The Morgan fingerprint density at radius 3 is 2.31 bits per heavy atom. The van der Waals surface area contributed by atoms with Crippen LogP contribution in [-0.4, -0.2) is 20.1 Å². The van der Waals surface area contributed by atoms with Crippen molar-refractivity contribution in [1.29, 1.82) is 0 Å². The van der Waals surface area contributed by atoms with E-state index in [1.54, 1.807) is 6.92 Å². The summed E-state index contributed by atoms with van der Waals surface area (Å²) in [5.74, 6) is -0.755. The number of halogens is 3. The first-order valence-corrected chi connectivity index (χ1v) is 4.25. The van der Waals surface area contributed by atoms with Crippen LogP contribution >= 0.6 is 0 Å². The summed E-state index contributed by atoms with van der Waals surface area (Å²) in [5, 5.41) is 0. The molecule has 0 bridgehead atoms. The van der Waals surface area contributed by atoms with Crippen molar-refractivity contribution in [3.05, 3.63) is 29.3 Å². The molecule has 16 heavy (non-hydrogen) atoms. The number of carbonyl (C=O) groups excluding carboxylic acids is 1. The first-order valence-electron chi connectivity index (χ1n) is 4.25. The number of methoxy groups -OCH3 is 1. The Morgan fingerprint density at radius 1 is 1.31 bits per heavy atom. The molecule has 0 aliphatic heterocycles. The third-order valence-corrected chi connectivity index (χ3v) is 2.04. The molecular formula is C9H9BF3KO2. The van der Waals surface area contributed by atoms with Crippen LogP contribution in [0.15, 0.2) is 18.2 Å². The molecule has 82 valence electrons. The van der Waals surface area contributed by atoms with Gasteiger partial charge >= 0.3 is 64.3 Å². The van der Waals surface area contributed by atoms with Crippen molar-refractivity contribution in [2.75, 3.05) is 7.11 Å². The van der Waals surface area contributed by atoms with Crippen LogP contribution in [-0.2, 0) is 4.74 Å². The summed E-state index contributed by atoms with van der Waals surface area (Å²) in [5.41, 5.74) is -0.374. The summed E-state index contributed by atoms with van der Waals surface area (Å²) >= 11 is 0. The number of hydrogen-bond acceptors (Lipinski definition) is 2. The van der Waals surface area contributed by atoms with Crippen LogP contribution in [0.2, 0.25) is 0 Å². The Labute approximate surface area is 134 Å². The van der Waals surface area contributed by atoms with Crippen LogP contribution in [0, 0.1) is 6.92 Å². The van der Waals surface area contributed by atoms with Gasteiger partial charge in [0.2, 0.25) is 0 Å². The Morgan fingerprint density at radius 2 is 1.88 bits per heavy atom. The number of rotatable bonds is 2. The van der Waals surface area contributed by atoms with Crippen molar-refractivity contribution in [3.63, 3.8) is 0 Å². The van der Waals surface area contributed by atoms with E-state index in [1.807, 2.05) is 0 Å². The molecule has 0 atom stereocenters. The number of hydrogen-bond donors (Lipinski definition) is 0. The van der Waals surface area contributed by atoms with E-state index in [-0.39, 0.29) is 56.9 Å². The van der Waals surface area contributed by atoms with Crippen molar-refractivity contribution in [3.8, 4) is 0 Å². The van der Waals surface area contributed by atoms with Gasteiger partial charge in [0, 0.05) is 0 Å². The molecule has 0 fully saturated rings. The fraction of sp³-hybridized carbons (Fsp3) is 0.222. The number of benzene rings is 1. The van der Waals surface area contributed by atoms with Crippen LogP contribution in [0.25, 0.3) is 0 Å². The molecule has 0 unspecified atom stereocenters. The number of ether oxygens (including phenoxy) is 1. The predicted molar refractivity (Wildman–Crippen MR) is 51.2 cm³/mol. The van der Waals surface area contributed by atoms with E-state index in [2.05, 4.69) is 4.74 Å². The SMILES string of the molecule is COC(=O)c1cc([B-](F)(F)F)ccc1C.[K+]. The Kier molecular flexibility index (Phi) is 6.28. The molecule has 0 aliphatic carbocycles. The molecule has 0 amide bonds. The number of carbonyl (C=O) groups is 1. The molecule has 0 radical (unpaired) electrons. The first-order chi connectivity index (χ1) is 6.86. The average Bonchev–Trinajstić information content (AvgIpc) is 2.15.